The van der Waals surface area contributed by atoms with Gasteiger partial charge in [0.15, 0.2) is 5.96 Å². The van der Waals surface area contributed by atoms with E-state index in [2.05, 4.69) is 9.73 Å². The standard InChI is InChI=1S/C10H13F2N3O2/c1-16-7-2-3-8(17-9(11)12)6(4-7)5-15-10(13)14/h2-4,9H,5H2,1H3,(H4,13,14,15). The molecule has 0 aliphatic rings. The minimum Gasteiger partial charge on any atom is -0.497 e. The number of guanidine groups is 1. The lowest BCUT2D eigenvalue weighted by Crippen LogP contribution is -2.22. The van der Waals surface area contributed by atoms with Gasteiger partial charge in [-0.25, -0.2) is 4.99 Å². The fraction of sp³-hybridized carbons (Fsp3) is 0.300. The Morgan fingerprint density at radius 1 is 1.41 bits per heavy atom. The average Bonchev–Trinajstić information content (AvgIpc) is 2.27. The maximum absolute atomic E-state index is 12.1. The number of halogens is 2. The second-order valence-corrected chi connectivity index (χ2v) is 3.09. The highest BCUT2D eigenvalue weighted by Gasteiger charge is 2.10. The van der Waals surface area contributed by atoms with E-state index in [1.807, 2.05) is 0 Å². The molecular weight excluding hydrogens is 232 g/mol. The van der Waals surface area contributed by atoms with Crippen molar-refractivity contribution in [3.8, 4) is 11.5 Å². The maximum atomic E-state index is 12.1. The smallest absolute Gasteiger partial charge is 0.387 e. The van der Waals surface area contributed by atoms with Crippen LogP contribution in [0.2, 0.25) is 0 Å². The van der Waals surface area contributed by atoms with Crippen LogP contribution in [0.4, 0.5) is 8.78 Å². The van der Waals surface area contributed by atoms with Crippen molar-refractivity contribution in [1.29, 1.82) is 0 Å². The van der Waals surface area contributed by atoms with Gasteiger partial charge in [-0.1, -0.05) is 0 Å². The van der Waals surface area contributed by atoms with Gasteiger partial charge in [-0.3, -0.25) is 0 Å². The Hall–Kier alpha value is -2.05. The number of ether oxygens (including phenoxy) is 2. The molecule has 0 aromatic heterocycles. The molecule has 0 heterocycles. The van der Waals surface area contributed by atoms with Crippen molar-refractivity contribution < 1.29 is 18.3 Å². The van der Waals surface area contributed by atoms with Crippen LogP contribution in [-0.4, -0.2) is 19.7 Å². The first kappa shape index (κ1) is 13.0. The topological polar surface area (TPSA) is 82.9 Å². The number of nitrogens with two attached hydrogens (primary N) is 2. The lowest BCUT2D eigenvalue weighted by Gasteiger charge is -2.10. The van der Waals surface area contributed by atoms with Crippen molar-refractivity contribution in [3.63, 3.8) is 0 Å². The van der Waals surface area contributed by atoms with Gasteiger partial charge in [0.05, 0.1) is 13.7 Å². The largest absolute Gasteiger partial charge is 0.497 e. The fourth-order valence-corrected chi connectivity index (χ4v) is 1.19. The van der Waals surface area contributed by atoms with Gasteiger partial charge >= 0.3 is 6.61 Å². The third-order valence-electron chi connectivity index (χ3n) is 1.92. The summed E-state index contributed by atoms with van der Waals surface area (Å²) >= 11 is 0. The SMILES string of the molecule is COc1ccc(OC(F)F)c(CN=C(N)N)c1. The lowest BCUT2D eigenvalue weighted by molar-refractivity contribution is -0.0504. The normalized spacial score (nSPS) is 10.1. The van der Waals surface area contributed by atoms with Gasteiger partial charge in [-0.05, 0) is 18.2 Å². The molecule has 4 N–H and O–H groups in total. The molecule has 94 valence electrons. The summed E-state index contributed by atoms with van der Waals surface area (Å²) in [6.07, 6.45) is 0. The van der Waals surface area contributed by atoms with Crippen LogP contribution in [0.3, 0.4) is 0 Å². The number of methoxy groups -OCH3 is 1. The van der Waals surface area contributed by atoms with Crippen LogP contribution in [0.15, 0.2) is 23.2 Å². The van der Waals surface area contributed by atoms with Crippen molar-refractivity contribution in [2.24, 2.45) is 16.5 Å². The van der Waals surface area contributed by atoms with Gasteiger partial charge in [0, 0.05) is 5.56 Å². The molecule has 0 bridgehead atoms. The average molecular weight is 245 g/mol. The molecule has 0 saturated heterocycles. The van der Waals surface area contributed by atoms with Gasteiger partial charge in [0.1, 0.15) is 11.5 Å². The van der Waals surface area contributed by atoms with Gasteiger partial charge in [0.25, 0.3) is 0 Å². The molecule has 0 fully saturated rings. The van der Waals surface area contributed by atoms with Crippen LogP contribution in [0.5, 0.6) is 11.5 Å². The molecule has 0 amide bonds. The Balaban J connectivity index is 2.98. The first-order valence-corrected chi connectivity index (χ1v) is 4.70. The third kappa shape index (κ3) is 4.13. The summed E-state index contributed by atoms with van der Waals surface area (Å²) in [4.78, 5) is 3.73. The Labute approximate surface area is 97.0 Å². The Kier molecular flexibility index (Phi) is 4.50. The molecule has 17 heavy (non-hydrogen) atoms. The Morgan fingerprint density at radius 2 is 2.12 bits per heavy atom. The van der Waals surface area contributed by atoms with E-state index in [0.717, 1.165) is 0 Å². The second-order valence-electron chi connectivity index (χ2n) is 3.09. The van der Waals surface area contributed by atoms with E-state index in [0.29, 0.717) is 11.3 Å². The van der Waals surface area contributed by atoms with Crippen LogP contribution in [0, 0.1) is 0 Å². The fourth-order valence-electron chi connectivity index (χ4n) is 1.19. The van der Waals surface area contributed by atoms with Gasteiger partial charge in [-0.2, -0.15) is 8.78 Å². The van der Waals surface area contributed by atoms with E-state index in [9.17, 15) is 8.78 Å². The Bertz CT molecular complexity index is 407. The number of nitrogens with zero attached hydrogens (tertiary/aromatic N) is 1. The summed E-state index contributed by atoms with van der Waals surface area (Å²) in [7, 11) is 1.47. The van der Waals surface area contributed by atoms with Crippen LogP contribution < -0.4 is 20.9 Å². The summed E-state index contributed by atoms with van der Waals surface area (Å²) in [5, 5.41) is 0. The molecule has 0 unspecified atom stereocenters. The number of rotatable bonds is 5. The van der Waals surface area contributed by atoms with Crippen LogP contribution in [-0.2, 0) is 6.54 Å². The molecule has 7 heteroatoms. The zero-order valence-corrected chi connectivity index (χ0v) is 9.19. The van der Waals surface area contributed by atoms with Crippen molar-refractivity contribution in [2.45, 2.75) is 13.2 Å². The number of hydrogen-bond acceptors (Lipinski definition) is 3. The highest BCUT2D eigenvalue weighted by atomic mass is 19.3. The summed E-state index contributed by atoms with van der Waals surface area (Å²) in [5.74, 6) is 0.397. The third-order valence-corrected chi connectivity index (χ3v) is 1.92. The molecule has 1 aromatic carbocycles. The number of hydrogen-bond donors (Lipinski definition) is 2. The van der Waals surface area contributed by atoms with Crippen molar-refractivity contribution in [3.05, 3.63) is 23.8 Å². The predicted octanol–water partition coefficient (Wildman–Crippen LogP) is 1.07. The zero-order chi connectivity index (χ0) is 12.8. The van der Waals surface area contributed by atoms with Crippen LogP contribution in [0.25, 0.3) is 0 Å². The Morgan fingerprint density at radius 3 is 2.65 bits per heavy atom. The molecule has 1 aromatic rings. The second kappa shape index (κ2) is 5.88. The summed E-state index contributed by atoms with van der Waals surface area (Å²) < 4.78 is 33.6. The molecule has 0 radical (unpaired) electrons. The van der Waals surface area contributed by atoms with Crippen molar-refractivity contribution in [1.82, 2.24) is 0 Å². The van der Waals surface area contributed by atoms with Crippen LogP contribution in [0.1, 0.15) is 5.56 Å². The monoisotopic (exact) mass is 245 g/mol. The first-order chi connectivity index (χ1) is 8.02. The van der Waals surface area contributed by atoms with Crippen molar-refractivity contribution in [2.75, 3.05) is 7.11 Å². The minimum absolute atomic E-state index is 0.0193. The lowest BCUT2D eigenvalue weighted by atomic mass is 10.2. The first-order valence-electron chi connectivity index (χ1n) is 4.70. The molecule has 0 saturated carbocycles. The van der Waals surface area contributed by atoms with Gasteiger partial charge in [-0.15, -0.1) is 0 Å². The molecule has 1 rings (SSSR count). The summed E-state index contributed by atoms with van der Waals surface area (Å²) in [5.41, 5.74) is 10.8. The molecule has 0 aliphatic heterocycles. The maximum Gasteiger partial charge on any atom is 0.387 e. The quantitative estimate of drug-likeness (QED) is 0.600. The van der Waals surface area contributed by atoms with E-state index in [1.54, 1.807) is 0 Å². The number of aliphatic imine (C=N–C) groups is 1. The van der Waals surface area contributed by atoms with E-state index >= 15 is 0 Å². The molecule has 5 nitrogen and oxygen atoms in total. The van der Waals surface area contributed by atoms with Gasteiger partial charge in [0.2, 0.25) is 0 Å². The number of alkyl halides is 2. The molecule has 0 atom stereocenters. The van der Waals surface area contributed by atoms with Crippen molar-refractivity contribution >= 4 is 5.96 Å². The predicted molar refractivity (Wildman–Crippen MR) is 59.1 cm³/mol. The van der Waals surface area contributed by atoms with E-state index in [1.165, 1.54) is 25.3 Å². The zero-order valence-electron chi connectivity index (χ0n) is 9.19. The summed E-state index contributed by atoms with van der Waals surface area (Å²) in [6.45, 7) is -2.86. The van der Waals surface area contributed by atoms with Crippen LogP contribution >= 0.6 is 0 Å². The molecule has 0 aliphatic carbocycles. The van der Waals surface area contributed by atoms with E-state index in [4.69, 9.17) is 16.2 Å². The van der Waals surface area contributed by atoms with E-state index < -0.39 is 6.61 Å². The molecule has 0 spiro atoms. The van der Waals surface area contributed by atoms with E-state index in [-0.39, 0.29) is 18.3 Å². The summed E-state index contributed by atoms with van der Waals surface area (Å²) in [6, 6.07) is 4.42. The molecular formula is C10H13F2N3O2. The highest BCUT2D eigenvalue weighted by molar-refractivity contribution is 5.75. The highest BCUT2D eigenvalue weighted by Crippen LogP contribution is 2.26. The number of benzene rings is 1. The van der Waals surface area contributed by atoms with Gasteiger partial charge < -0.3 is 20.9 Å². The minimum atomic E-state index is -2.90.